The molecule has 1 aliphatic rings. The van der Waals surface area contributed by atoms with Crippen LogP contribution in [0.15, 0.2) is 41.5 Å². The van der Waals surface area contributed by atoms with Gasteiger partial charge >= 0.3 is 5.69 Å². The molecule has 0 fully saturated rings. The number of benzene rings is 1. The fourth-order valence-corrected chi connectivity index (χ4v) is 4.86. The fraction of sp³-hybridized carbons (Fsp3) is 0.263. The lowest BCUT2D eigenvalue weighted by Crippen LogP contribution is -2.28. The van der Waals surface area contributed by atoms with Gasteiger partial charge in [-0.25, -0.2) is 18.9 Å². The van der Waals surface area contributed by atoms with Crippen molar-refractivity contribution in [3.8, 4) is 0 Å². The Morgan fingerprint density at radius 3 is 2.85 bits per heavy atom. The minimum Gasteiger partial charge on any atom is -0.324 e. The van der Waals surface area contributed by atoms with Gasteiger partial charge < -0.3 is 5.32 Å². The number of para-hydroxylation sites is 1. The maximum absolute atomic E-state index is 12.7. The van der Waals surface area contributed by atoms with Gasteiger partial charge in [0.2, 0.25) is 5.91 Å². The van der Waals surface area contributed by atoms with Gasteiger partial charge in [-0.3, -0.25) is 4.79 Å². The summed E-state index contributed by atoms with van der Waals surface area (Å²) in [6.07, 6.45) is 5.90. The van der Waals surface area contributed by atoms with E-state index in [9.17, 15) is 9.59 Å². The normalized spacial score (nSPS) is 13.8. The lowest BCUT2D eigenvalue weighted by molar-refractivity contribution is -0.117. The van der Waals surface area contributed by atoms with E-state index in [0.29, 0.717) is 11.3 Å². The van der Waals surface area contributed by atoms with E-state index in [4.69, 9.17) is 0 Å². The molecule has 0 saturated heterocycles. The second-order valence-corrected chi connectivity index (χ2v) is 7.77. The van der Waals surface area contributed by atoms with E-state index >= 15 is 0 Å². The summed E-state index contributed by atoms with van der Waals surface area (Å²) >= 11 is 1.69. The molecule has 0 bridgehead atoms. The molecule has 0 saturated carbocycles. The van der Waals surface area contributed by atoms with Gasteiger partial charge in [-0.1, -0.05) is 18.2 Å². The summed E-state index contributed by atoms with van der Waals surface area (Å²) in [4.78, 5) is 31.7. The number of carbonyl (C=O) groups excluding carboxylic acids is 1. The molecule has 0 aliphatic heterocycles. The number of rotatable bonds is 3. The molecule has 0 spiro atoms. The van der Waals surface area contributed by atoms with Crippen molar-refractivity contribution in [1.82, 2.24) is 19.2 Å². The van der Waals surface area contributed by atoms with Crippen molar-refractivity contribution in [2.24, 2.45) is 0 Å². The third-order valence-corrected chi connectivity index (χ3v) is 6.09. The fourth-order valence-electron chi connectivity index (χ4n) is 3.64. The number of anilines is 1. The van der Waals surface area contributed by atoms with Crippen LogP contribution in [0.5, 0.6) is 0 Å². The molecule has 8 heteroatoms. The lowest BCUT2D eigenvalue weighted by atomic mass is 9.97. The number of nitrogens with one attached hydrogen (secondary N) is 1. The molecule has 3 aromatic heterocycles. The van der Waals surface area contributed by atoms with Crippen molar-refractivity contribution in [3.63, 3.8) is 0 Å². The van der Waals surface area contributed by atoms with Gasteiger partial charge in [0.15, 0.2) is 5.65 Å². The largest absolute Gasteiger partial charge is 0.352 e. The number of nitrogens with zero attached hydrogens (tertiary/aromatic N) is 4. The SMILES string of the molecule is O=C(Cn1nc2c3c4c(sc3ncn2c1=O)CCCC4)Nc1ccccc1. The van der Waals surface area contributed by atoms with Gasteiger partial charge in [-0.15, -0.1) is 16.4 Å². The molecular weight excluding hydrogens is 362 g/mol. The average molecular weight is 379 g/mol. The molecule has 1 N–H and O–H groups in total. The van der Waals surface area contributed by atoms with Crippen LogP contribution in [0.25, 0.3) is 15.9 Å². The number of thiophene rings is 1. The Morgan fingerprint density at radius 2 is 2.00 bits per heavy atom. The Labute approximate surface area is 158 Å². The van der Waals surface area contributed by atoms with E-state index in [2.05, 4.69) is 15.4 Å². The summed E-state index contributed by atoms with van der Waals surface area (Å²) in [6.45, 7) is -0.136. The molecule has 1 amide bonds. The summed E-state index contributed by atoms with van der Waals surface area (Å²) in [5, 5.41) is 8.23. The quantitative estimate of drug-likeness (QED) is 0.593. The zero-order chi connectivity index (χ0) is 18.4. The van der Waals surface area contributed by atoms with Crippen molar-refractivity contribution in [3.05, 3.63) is 57.6 Å². The monoisotopic (exact) mass is 379 g/mol. The van der Waals surface area contributed by atoms with Crippen LogP contribution in [0, 0.1) is 0 Å². The van der Waals surface area contributed by atoms with E-state index in [1.807, 2.05) is 18.2 Å². The van der Waals surface area contributed by atoms with Gasteiger partial charge in [-0.05, 0) is 43.4 Å². The summed E-state index contributed by atoms with van der Waals surface area (Å²) in [6, 6.07) is 9.16. The van der Waals surface area contributed by atoms with E-state index in [0.717, 1.165) is 29.5 Å². The highest BCUT2D eigenvalue weighted by Crippen LogP contribution is 2.36. The van der Waals surface area contributed by atoms with Crippen LogP contribution in [0.2, 0.25) is 0 Å². The average Bonchev–Trinajstić information content (AvgIpc) is 3.20. The number of aromatic nitrogens is 4. The van der Waals surface area contributed by atoms with Crippen molar-refractivity contribution < 1.29 is 4.79 Å². The first-order chi connectivity index (χ1) is 13.2. The maximum Gasteiger partial charge on any atom is 0.352 e. The molecule has 0 unspecified atom stereocenters. The second-order valence-electron chi connectivity index (χ2n) is 6.68. The number of hydrogen-bond acceptors (Lipinski definition) is 5. The Morgan fingerprint density at radius 1 is 1.19 bits per heavy atom. The van der Waals surface area contributed by atoms with Gasteiger partial charge in [0.25, 0.3) is 0 Å². The van der Waals surface area contributed by atoms with Crippen LogP contribution in [0.4, 0.5) is 5.69 Å². The van der Waals surface area contributed by atoms with Crippen LogP contribution in [0.1, 0.15) is 23.3 Å². The Balaban J connectivity index is 1.55. The number of hydrogen-bond donors (Lipinski definition) is 1. The third-order valence-electron chi connectivity index (χ3n) is 4.89. The number of aryl methyl sites for hydroxylation is 2. The summed E-state index contributed by atoms with van der Waals surface area (Å²) in [5.41, 5.74) is 2.20. The third kappa shape index (κ3) is 2.73. The molecule has 3 heterocycles. The van der Waals surface area contributed by atoms with Crippen LogP contribution >= 0.6 is 11.3 Å². The Hall–Kier alpha value is -3.00. The summed E-state index contributed by atoms with van der Waals surface area (Å²) in [7, 11) is 0. The number of fused-ring (bicyclic) bond motifs is 5. The Kier molecular flexibility index (Phi) is 3.78. The predicted molar refractivity (Wildman–Crippen MR) is 104 cm³/mol. The van der Waals surface area contributed by atoms with E-state index in [1.54, 1.807) is 23.5 Å². The second kappa shape index (κ2) is 6.31. The molecule has 4 aromatic rings. The van der Waals surface area contributed by atoms with E-state index in [1.165, 1.54) is 32.3 Å². The molecule has 27 heavy (non-hydrogen) atoms. The van der Waals surface area contributed by atoms with Crippen LogP contribution in [-0.4, -0.2) is 25.1 Å². The van der Waals surface area contributed by atoms with Crippen molar-refractivity contribution in [1.29, 1.82) is 0 Å². The van der Waals surface area contributed by atoms with Crippen LogP contribution < -0.4 is 11.0 Å². The zero-order valence-corrected chi connectivity index (χ0v) is 15.3. The zero-order valence-electron chi connectivity index (χ0n) is 14.5. The van der Waals surface area contributed by atoms with Gasteiger partial charge in [0.1, 0.15) is 17.7 Å². The summed E-state index contributed by atoms with van der Waals surface area (Å²) < 4.78 is 2.65. The molecule has 136 valence electrons. The first-order valence-corrected chi connectivity index (χ1v) is 9.75. The van der Waals surface area contributed by atoms with Gasteiger partial charge in [0.05, 0.1) is 5.39 Å². The van der Waals surface area contributed by atoms with Crippen LogP contribution in [-0.2, 0) is 24.2 Å². The standard InChI is InChI=1S/C19H17N5O2S/c25-15(21-12-6-2-1-3-7-12)10-24-19(26)23-11-20-18-16(17(23)22-24)13-8-4-5-9-14(13)27-18/h1-3,6-7,11H,4-5,8-10H2,(H,21,25). The Bertz CT molecular complexity index is 1220. The first-order valence-electron chi connectivity index (χ1n) is 8.94. The van der Waals surface area contributed by atoms with Crippen molar-refractivity contribution >= 4 is 38.8 Å². The highest BCUT2D eigenvalue weighted by Gasteiger charge is 2.21. The van der Waals surface area contributed by atoms with Gasteiger partial charge in [-0.2, -0.15) is 0 Å². The predicted octanol–water partition coefficient (Wildman–Crippen LogP) is 2.62. The molecular formula is C19H17N5O2S. The summed E-state index contributed by atoms with van der Waals surface area (Å²) in [5.74, 6) is -0.289. The van der Waals surface area contributed by atoms with Gasteiger partial charge in [0, 0.05) is 10.6 Å². The topological polar surface area (TPSA) is 81.3 Å². The molecule has 0 atom stereocenters. The highest BCUT2D eigenvalue weighted by molar-refractivity contribution is 7.19. The molecule has 1 aromatic carbocycles. The molecule has 7 nitrogen and oxygen atoms in total. The van der Waals surface area contributed by atoms with Crippen LogP contribution in [0.3, 0.4) is 0 Å². The molecule has 5 rings (SSSR count). The smallest absolute Gasteiger partial charge is 0.324 e. The minimum absolute atomic E-state index is 0.136. The lowest BCUT2D eigenvalue weighted by Gasteiger charge is -2.09. The van der Waals surface area contributed by atoms with E-state index in [-0.39, 0.29) is 18.1 Å². The highest BCUT2D eigenvalue weighted by atomic mass is 32.1. The number of amides is 1. The minimum atomic E-state index is -0.349. The van der Waals surface area contributed by atoms with Crippen molar-refractivity contribution in [2.75, 3.05) is 5.32 Å². The molecule has 1 aliphatic carbocycles. The van der Waals surface area contributed by atoms with E-state index < -0.39 is 0 Å². The first kappa shape index (κ1) is 16.2. The number of carbonyl (C=O) groups is 1. The van der Waals surface area contributed by atoms with Crippen molar-refractivity contribution in [2.45, 2.75) is 32.2 Å². The maximum atomic E-state index is 12.7. The molecule has 0 radical (unpaired) electrons.